The van der Waals surface area contributed by atoms with E-state index in [1.807, 2.05) is 6.26 Å². The Bertz CT molecular complexity index is 251. The minimum atomic E-state index is -2.16. The van der Waals surface area contributed by atoms with Crippen molar-refractivity contribution in [1.82, 2.24) is 0 Å². The molecule has 0 N–H and O–H groups in total. The van der Waals surface area contributed by atoms with Crippen LogP contribution in [-0.4, -0.2) is 25.0 Å². The van der Waals surface area contributed by atoms with Crippen molar-refractivity contribution in [3.8, 4) is 0 Å². The van der Waals surface area contributed by atoms with E-state index >= 15 is 0 Å². The van der Waals surface area contributed by atoms with Crippen LogP contribution in [0.15, 0.2) is 12.3 Å². The summed E-state index contributed by atoms with van der Waals surface area (Å²) in [7, 11) is 0. The third kappa shape index (κ3) is 8.26. The van der Waals surface area contributed by atoms with Crippen molar-refractivity contribution in [3.63, 3.8) is 0 Å². The van der Waals surface area contributed by atoms with Gasteiger partial charge in [0.05, 0.1) is 0 Å². The normalized spacial score (nSPS) is 14.0. The molecule has 0 aromatic heterocycles. The zero-order valence-electron chi connectivity index (χ0n) is 16.3. The Morgan fingerprint density at radius 3 is 1.59 bits per heavy atom. The molecule has 132 valence electrons. The molecule has 0 saturated heterocycles. The van der Waals surface area contributed by atoms with Crippen LogP contribution in [0.1, 0.15) is 80.1 Å². The van der Waals surface area contributed by atoms with Crippen molar-refractivity contribution in [2.24, 2.45) is 5.92 Å². The van der Waals surface area contributed by atoms with Gasteiger partial charge in [-0.2, -0.15) is 0 Å². The summed E-state index contributed by atoms with van der Waals surface area (Å²) < 4.78 is 11.2. The van der Waals surface area contributed by atoms with Crippen LogP contribution in [0.3, 0.4) is 0 Å². The quantitative estimate of drug-likeness (QED) is 0.211. The molecule has 0 heterocycles. The predicted octanol–water partition coefficient (Wildman–Crippen LogP) is 7.41. The molecule has 1 unspecified atom stereocenters. The molecule has 0 aromatic rings. The fourth-order valence-corrected chi connectivity index (χ4v) is 23.3. The van der Waals surface area contributed by atoms with Gasteiger partial charge in [0.1, 0.15) is 0 Å². The summed E-state index contributed by atoms with van der Waals surface area (Å²) in [6, 6.07) is 0. The van der Waals surface area contributed by atoms with E-state index in [4.69, 9.17) is 4.74 Å². The summed E-state index contributed by atoms with van der Waals surface area (Å²) in [4.78, 5) is 0. The van der Waals surface area contributed by atoms with Crippen molar-refractivity contribution in [2.75, 3.05) is 6.61 Å². The molecular formula is C20H42OSn. The van der Waals surface area contributed by atoms with Gasteiger partial charge in [0.15, 0.2) is 0 Å². The second kappa shape index (κ2) is 13.7. The van der Waals surface area contributed by atoms with Gasteiger partial charge in [-0.3, -0.25) is 0 Å². The monoisotopic (exact) mass is 418 g/mol. The van der Waals surface area contributed by atoms with Crippen molar-refractivity contribution < 1.29 is 4.74 Å². The Balaban J connectivity index is 5.35. The summed E-state index contributed by atoms with van der Waals surface area (Å²) in [6.45, 7) is 14.8. The molecule has 0 saturated carbocycles. The van der Waals surface area contributed by atoms with E-state index in [1.165, 1.54) is 38.5 Å². The first-order valence-electron chi connectivity index (χ1n) is 9.86. The fraction of sp³-hybridized carbons (Fsp3) is 0.900. The molecule has 0 amide bonds. The maximum absolute atomic E-state index is 5.58. The van der Waals surface area contributed by atoms with Crippen LogP contribution in [0.25, 0.3) is 0 Å². The van der Waals surface area contributed by atoms with E-state index in [1.54, 1.807) is 13.3 Å². The first-order valence-corrected chi connectivity index (χ1v) is 17.6. The van der Waals surface area contributed by atoms with Crippen molar-refractivity contribution in [3.05, 3.63) is 12.3 Å². The van der Waals surface area contributed by atoms with Crippen LogP contribution in [-0.2, 0) is 4.74 Å². The minimum absolute atomic E-state index is 0.776. The van der Waals surface area contributed by atoms with Gasteiger partial charge in [0, 0.05) is 0 Å². The molecule has 0 rings (SSSR count). The Hall–Kier alpha value is 0.339. The molecule has 22 heavy (non-hydrogen) atoms. The van der Waals surface area contributed by atoms with Gasteiger partial charge in [-0.25, -0.2) is 0 Å². The standard InChI is InChI=1S/C8H15O.3C4H9.Sn/c1-4-9-7-5-6-8(2)3;3*1-3-4-2;/h5-8H,4H2,1-3H3;3*1,3-4H2,2H3;/b7-5-;;;;. The van der Waals surface area contributed by atoms with Crippen LogP contribution < -0.4 is 0 Å². The first-order chi connectivity index (χ1) is 10.6. The van der Waals surface area contributed by atoms with Crippen LogP contribution in [0.2, 0.25) is 17.2 Å². The molecular weight excluding hydrogens is 375 g/mol. The average Bonchev–Trinajstić information content (AvgIpc) is 2.51. The van der Waals surface area contributed by atoms with Gasteiger partial charge >= 0.3 is 145 Å². The van der Waals surface area contributed by atoms with E-state index in [0.29, 0.717) is 0 Å². The molecule has 0 aliphatic rings. The summed E-state index contributed by atoms with van der Waals surface area (Å²) in [5, 5.41) is 0. The molecule has 2 heteroatoms. The number of unbranched alkanes of at least 4 members (excludes halogenated alkanes) is 3. The van der Waals surface area contributed by atoms with Crippen LogP contribution in [0.5, 0.6) is 0 Å². The van der Waals surface area contributed by atoms with Gasteiger partial charge in [-0.05, 0) is 0 Å². The molecule has 0 aliphatic carbocycles. The zero-order chi connectivity index (χ0) is 16.8. The first kappa shape index (κ1) is 22.3. The molecule has 1 nitrogen and oxygen atoms in total. The van der Waals surface area contributed by atoms with Crippen molar-refractivity contribution in [2.45, 2.75) is 97.3 Å². The second-order valence-corrected chi connectivity index (χ2v) is 21.2. The zero-order valence-corrected chi connectivity index (χ0v) is 19.1. The third-order valence-electron chi connectivity index (χ3n) is 5.06. The number of hydrogen-bond acceptors (Lipinski definition) is 1. The van der Waals surface area contributed by atoms with Gasteiger partial charge in [0.2, 0.25) is 0 Å². The topological polar surface area (TPSA) is 9.23 Å². The summed E-state index contributed by atoms with van der Waals surface area (Å²) in [5.74, 6) is 0.776. The molecule has 0 fully saturated rings. The number of hydrogen-bond donors (Lipinski definition) is 0. The summed E-state index contributed by atoms with van der Waals surface area (Å²) >= 11 is -2.16. The van der Waals surface area contributed by atoms with E-state index in [0.717, 1.165) is 16.5 Å². The van der Waals surface area contributed by atoms with E-state index in [2.05, 4.69) is 47.6 Å². The Morgan fingerprint density at radius 2 is 1.27 bits per heavy atom. The average molecular weight is 417 g/mol. The van der Waals surface area contributed by atoms with Gasteiger partial charge in [-0.15, -0.1) is 0 Å². The van der Waals surface area contributed by atoms with Gasteiger partial charge < -0.3 is 0 Å². The van der Waals surface area contributed by atoms with E-state index in [9.17, 15) is 0 Å². The number of rotatable bonds is 14. The van der Waals surface area contributed by atoms with Crippen molar-refractivity contribution >= 4 is 18.4 Å². The molecule has 0 spiro atoms. The van der Waals surface area contributed by atoms with Crippen LogP contribution in [0.4, 0.5) is 0 Å². The van der Waals surface area contributed by atoms with Crippen molar-refractivity contribution in [1.29, 1.82) is 0 Å². The number of allylic oxidation sites excluding steroid dienone is 1. The van der Waals surface area contributed by atoms with Gasteiger partial charge in [-0.1, -0.05) is 0 Å². The Morgan fingerprint density at radius 1 is 0.818 bits per heavy atom. The molecule has 0 bridgehead atoms. The summed E-state index contributed by atoms with van der Waals surface area (Å²) in [5.41, 5.74) is 0. The predicted molar refractivity (Wildman–Crippen MR) is 104 cm³/mol. The number of ether oxygens (including phenoxy) is 1. The second-order valence-electron chi connectivity index (χ2n) is 7.23. The van der Waals surface area contributed by atoms with Gasteiger partial charge in [0.25, 0.3) is 0 Å². The molecule has 0 radical (unpaired) electrons. The van der Waals surface area contributed by atoms with Crippen LogP contribution >= 0.6 is 0 Å². The fourth-order valence-electron chi connectivity index (χ4n) is 3.83. The Kier molecular flexibility index (Phi) is 14.0. The maximum atomic E-state index is 5.58. The van der Waals surface area contributed by atoms with Crippen LogP contribution in [0, 0.1) is 5.92 Å². The Labute approximate surface area is 145 Å². The van der Waals surface area contributed by atoms with E-state index < -0.39 is 18.4 Å². The molecule has 0 aliphatic heterocycles. The molecule has 1 atom stereocenters. The third-order valence-corrected chi connectivity index (χ3v) is 23.1. The SMILES string of the molecule is CCC[CH2][Sn]([CH2]CCC)([CH2]CCC)[CH](/C=C\OCC)C(C)C. The summed E-state index contributed by atoms with van der Waals surface area (Å²) in [6.07, 6.45) is 12.9. The molecule has 0 aromatic carbocycles. The van der Waals surface area contributed by atoms with E-state index in [-0.39, 0.29) is 0 Å².